The number of carbonyl (C=O) groups is 2. The van der Waals surface area contributed by atoms with E-state index in [9.17, 15) is 9.59 Å². The first-order valence-corrected chi connectivity index (χ1v) is 9.50. The summed E-state index contributed by atoms with van der Waals surface area (Å²) >= 11 is 0. The number of benzene rings is 1. The highest BCUT2D eigenvalue weighted by Crippen LogP contribution is 2.28. The van der Waals surface area contributed by atoms with E-state index < -0.39 is 11.6 Å². The zero-order valence-electron chi connectivity index (χ0n) is 16.5. The SMILES string of the molecule is CC(C)(C)OC(=O)N1CCCC(c2ccc(-c3cccc(C(=O)O)c3)cn2)C1. The van der Waals surface area contributed by atoms with Crippen molar-refractivity contribution in [1.29, 1.82) is 0 Å². The Kier molecular flexibility index (Phi) is 5.68. The molecule has 1 saturated heterocycles. The van der Waals surface area contributed by atoms with Gasteiger partial charge in [-0.3, -0.25) is 4.98 Å². The fourth-order valence-electron chi connectivity index (χ4n) is 3.36. The van der Waals surface area contributed by atoms with Crippen LogP contribution in [0.2, 0.25) is 0 Å². The summed E-state index contributed by atoms with van der Waals surface area (Å²) in [6.07, 6.45) is 3.37. The second-order valence-electron chi connectivity index (χ2n) is 8.12. The molecule has 6 nitrogen and oxygen atoms in total. The fourth-order valence-corrected chi connectivity index (χ4v) is 3.36. The van der Waals surface area contributed by atoms with Gasteiger partial charge in [-0.05, 0) is 57.4 Å². The molecule has 0 spiro atoms. The van der Waals surface area contributed by atoms with Crippen molar-refractivity contribution in [3.05, 3.63) is 53.9 Å². The van der Waals surface area contributed by atoms with Crippen molar-refractivity contribution in [2.75, 3.05) is 13.1 Å². The first-order valence-electron chi connectivity index (χ1n) is 9.50. The number of nitrogens with zero attached hydrogens (tertiary/aromatic N) is 2. The molecule has 1 aliphatic rings. The predicted octanol–water partition coefficient (Wildman–Crippen LogP) is 4.56. The van der Waals surface area contributed by atoms with Gasteiger partial charge >= 0.3 is 12.1 Å². The molecular weight excluding hydrogens is 356 g/mol. The van der Waals surface area contributed by atoms with E-state index in [-0.39, 0.29) is 17.6 Å². The Hall–Kier alpha value is -2.89. The number of amides is 1. The number of pyridine rings is 1. The minimum atomic E-state index is -0.948. The minimum absolute atomic E-state index is 0.167. The van der Waals surface area contributed by atoms with Crippen LogP contribution in [0, 0.1) is 0 Å². The van der Waals surface area contributed by atoms with Crippen molar-refractivity contribution in [2.24, 2.45) is 0 Å². The van der Waals surface area contributed by atoms with E-state index in [1.807, 2.05) is 39.0 Å². The smallest absolute Gasteiger partial charge is 0.410 e. The Morgan fingerprint density at radius 3 is 2.61 bits per heavy atom. The maximum atomic E-state index is 12.4. The third kappa shape index (κ3) is 4.88. The lowest BCUT2D eigenvalue weighted by Gasteiger charge is -2.34. The summed E-state index contributed by atoms with van der Waals surface area (Å²) in [5.41, 5.74) is 2.37. The van der Waals surface area contributed by atoms with Crippen molar-refractivity contribution in [2.45, 2.75) is 45.1 Å². The van der Waals surface area contributed by atoms with Crippen molar-refractivity contribution in [1.82, 2.24) is 9.88 Å². The number of hydrogen-bond donors (Lipinski definition) is 1. The summed E-state index contributed by atoms with van der Waals surface area (Å²) in [7, 11) is 0. The molecule has 3 rings (SSSR count). The molecule has 1 amide bonds. The van der Waals surface area contributed by atoms with E-state index >= 15 is 0 Å². The van der Waals surface area contributed by atoms with Gasteiger partial charge in [0.2, 0.25) is 0 Å². The maximum absolute atomic E-state index is 12.4. The van der Waals surface area contributed by atoms with Gasteiger partial charge in [-0.2, -0.15) is 0 Å². The van der Waals surface area contributed by atoms with Crippen molar-refractivity contribution in [3.8, 4) is 11.1 Å². The Morgan fingerprint density at radius 1 is 1.18 bits per heavy atom. The Bertz CT molecular complexity index is 856. The highest BCUT2D eigenvalue weighted by atomic mass is 16.6. The number of hydrogen-bond acceptors (Lipinski definition) is 4. The average Bonchev–Trinajstić information content (AvgIpc) is 2.67. The summed E-state index contributed by atoms with van der Waals surface area (Å²) in [5.74, 6) is -0.781. The summed E-state index contributed by atoms with van der Waals surface area (Å²) in [6.45, 7) is 6.89. The highest BCUT2D eigenvalue weighted by Gasteiger charge is 2.28. The van der Waals surface area contributed by atoms with Crippen LogP contribution in [0.15, 0.2) is 42.6 Å². The molecule has 0 saturated carbocycles. The van der Waals surface area contributed by atoms with Crippen LogP contribution >= 0.6 is 0 Å². The van der Waals surface area contributed by atoms with Gasteiger partial charge in [-0.25, -0.2) is 9.59 Å². The topological polar surface area (TPSA) is 79.7 Å². The van der Waals surface area contributed by atoms with Crippen LogP contribution in [0.25, 0.3) is 11.1 Å². The average molecular weight is 382 g/mol. The lowest BCUT2D eigenvalue weighted by Crippen LogP contribution is -2.42. The fraction of sp³-hybridized carbons (Fsp3) is 0.409. The lowest BCUT2D eigenvalue weighted by atomic mass is 9.94. The number of carbonyl (C=O) groups excluding carboxylic acids is 1. The second-order valence-corrected chi connectivity index (χ2v) is 8.12. The predicted molar refractivity (Wildman–Crippen MR) is 106 cm³/mol. The van der Waals surface area contributed by atoms with Crippen LogP contribution in [0.1, 0.15) is 55.6 Å². The molecule has 1 unspecified atom stereocenters. The lowest BCUT2D eigenvalue weighted by molar-refractivity contribution is 0.0197. The zero-order valence-corrected chi connectivity index (χ0v) is 16.5. The van der Waals surface area contributed by atoms with E-state index in [1.165, 1.54) is 0 Å². The van der Waals surface area contributed by atoms with Gasteiger partial charge in [-0.15, -0.1) is 0 Å². The molecule has 0 aliphatic carbocycles. The van der Waals surface area contributed by atoms with Crippen molar-refractivity contribution >= 4 is 12.1 Å². The monoisotopic (exact) mass is 382 g/mol. The molecule has 1 aromatic carbocycles. The quantitative estimate of drug-likeness (QED) is 0.842. The third-order valence-electron chi connectivity index (χ3n) is 4.72. The standard InChI is InChI=1S/C22H26N2O4/c1-22(2,3)28-21(27)24-11-5-8-18(14-24)19-10-9-17(13-23-19)15-6-4-7-16(12-15)20(25)26/h4,6-7,9-10,12-13,18H,5,8,11,14H2,1-3H3,(H,25,26). The molecule has 28 heavy (non-hydrogen) atoms. The molecule has 1 aliphatic heterocycles. The van der Waals surface area contributed by atoms with E-state index in [0.717, 1.165) is 29.7 Å². The molecular formula is C22H26N2O4. The molecule has 6 heteroatoms. The molecule has 1 fully saturated rings. The molecule has 1 atom stereocenters. The van der Waals surface area contributed by atoms with Gasteiger partial charge in [0, 0.05) is 36.5 Å². The number of rotatable bonds is 3. The van der Waals surface area contributed by atoms with Crippen LogP contribution in [0.5, 0.6) is 0 Å². The van der Waals surface area contributed by atoms with Crippen LogP contribution in [-0.2, 0) is 4.74 Å². The van der Waals surface area contributed by atoms with Crippen LogP contribution in [0.4, 0.5) is 4.79 Å². The third-order valence-corrected chi connectivity index (χ3v) is 4.72. The number of aromatic carboxylic acids is 1. The minimum Gasteiger partial charge on any atom is -0.478 e. The van der Waals surface area contributed by atoms with E-state index in [0.29, 0.717) is 13.1 Å². The molecule has 1 N–H and O–H groups in total. The van der Waals surface area contributed by atoms with Crippen LogP contribution in [0.3, 0.4) is 0 Å². The van der Waals surface area contributed by atoms with Gasteiger partial charge in [0.15, 0.2) is 0 Å². The number of ether oxygens (including phenoxy) is 1. The second kappa shape index (κ2) is 8.00. The van der Waals surface area contributed by atoms with Crippen molar-refractivity contribution in [3.63, 3.8) is 0 Å². The number of carboxylic acids is 1. The van der Waals surface area contributed by atoms with Crippen molar-refractivity contribution < 1.29 is 19.4 Å². The van der Waals surface area contributed by atoms with Gasteiger partial charge in [0.25, 0.3) is 0 Å². The Labute approximate surface area is 165 Å². The van der Waals surface area contributed by atoms with Gasteiger partial charge in [-0.1, -0.05) is 18.2 Å². The van der Waals surface area contributed by atoms with Crippen LogP contribution < -0.4 is 0 Å². The van der Waals surface area contributed by atoms with Crippen LogP contribution in [-0.4, -0.2) is 45.7 Å². The molecule has 0 bridgehead atoms. The number of aromatic nitrogens is 1. The zero-order chi connectivity index (χ0) is 20.3. The van der Waals surface area contributed by atoms with E-state index in [4.69, 9.17) is 9.84 Å². The number of piperidine rings is 1. The Balaban J connectivity index is 1.72. The first-order chi connectivity index (χ1) is 13.2. The van der Waals surface area contributed by atoms with Gasteiger partial charge in [0.05, 0.1) is 5.56 Å². The maximum Gasteiger partial charge on any atom is 0.410 e. The van der Waals surface area contributed by atoms with Gasteiger partial charge in [0.1, 0.15) is 5.60 Å². The molecule has 0 radical (unpaired) electrons. The molecule has 148 valence electrons. The summed E-state index contributed by atoms with van der Waals surface area (Å²) < 4.78 is 5.49. The molecule has 1 aromatic heterocycles. The normalized spacial score (nSPS) is 17.2. The molecule has 2 heterocycles. The molecule has 2 aromatic rings. The summed E-state index contributed by atoms with van der Waals surface area (Å²) in [5, 5.41) is 9.15. The number of likely N-dealkylation sites (tertiary alicyclic amines) is 1. The number of carboxylic acid groups (broad SMARTS) is 1. The summed E-state index contributed by atoms with van der Waals surface area (Å²) in [6, 6.07) is 10.7. The summed E-state index contributed by atoms with van der Waals surface area (Å²) in [4.78, 5) is 29.9. The van der Waals surface area contributed by atoms with E-state index in [2.05, 4.69) is 4.98 Å². The van der Waals surface area contributed by atoms with E-state index in [1.54, 1.807) is 29.3 Å². The first kappa shape index (κ1) is 19.9. The highest BCUT2D eigenvalue weighted by molar-refractivity contribution is 5.89. The van der Waals surface area contributed by atoms with Gasteiger partial charge < -0.3 is 14.7 Å². The Morgan fingerprint density at radius 2 is 1.96 bits per heavy atom. The largest absolute Gasteiger partial charge is 0.478 e.